The number of rotatable bonds is 5. The summed E-state index contributed by atoms with van der Waals surface area (Å²) >= 11 is 6.38. The predicted octanol–water partition coefficient (Wildman–Crippen LogP) is 3.15. The van der Waals surface area contributed by atoms with Crippen LogP contribution in [-0.4, -0.2) is 37.1 Å². The molecule has 0 bridgehead atoms. The highest BCUT2D eigenvalue weighted by Crippen LogP contribution is 2.33. The van der Waals surface area contributed by atoms with Gasteiger partial charge < -0.3 is 5.11 Å². The number of ketones is 1. The quantitative estimate of drug-likeness (QED) is 0.421. The maximum atomic E-state index is 13.0. The summed E-state index contributed by atoms with van der Waals surface area (Å²) in [6, 6.07) is 9.41. The second kappa shape index (κ2) is 8.88. The van der Waals surface area contributed by atoms with Gasteiger partial charge in [-0.2, -0.15) is 5.26 Å². The minimum Gasteiger partial charge on any atom is -0.494 e. The molecule has 9 heteroatoms. The molecule has 0 unspecified atom stereocenters. The van der Waals surface area contributed by atoms with E-state index in [0.29, 0.717) is 4.91 Å². The summed E-state index contributed by atoms with van der Waals surface area (Å²) in [6.45, 7) is 4.68. The molecule has 3 rings (SSSR count). The van der Waals surface area contributed by atoms with E-state index in [2.05, 4.69) is 0 Å². The van der Waals surface area contributed by atoms with Crippen LogP contribution in [0.25, 0.3) is 6.08 Å². The molecule has 1 amide bonds. The maximum Gasteiger partial charge on any atom is 0.271 e. The number of carbonyl (C=O) groups excluding carboxylic acids is 2. The lowest BCUT2D eigenvalue weighted by molar-refractivity contribution is -0.121. The summed E-state index contributed by atoms with van der Waals surface area (Å²) in [5.41, 5.74) is 0.973. The molecule has 1 aromatic heterocycles. The molecule has 0 spiro atoms. The highest BCUT2D eigenvalue weighted by molar-refractivity contribution is 8.26. The van der Waals surface area contributed by atoms with Crippen LogP contribution >= 0.6 is 24.0 Å². The van der Waals surface area contributed by atoms with E-state index in [1.165, 1.54) is 6.92 Å². The van der Waals surface area contributed by atoms with Gasteiger partial charge in [0.1, 0.15) is 16.0 Å². The summed E-state index contributed by atoms with van der Waals surface area (Å²) in [5.74, 6) is -1.54. The van der Waals surface area contributed by atoms with Crippen LogP contribution in [0.15, 0.2) is 34.0 Å². The first-order valence-corrected chi connectivity index (χ1v) is 10.6. The molecule has 1 N–H and O–H groups in total. The summed E-state index contributed by atoms with van der Waals surface area (Å²) in [5, 5.41) is 19.8. The smallest absolute Gasteiger partial charge is 0.271 e. The van der Waals surface area contributed by atoms with E-state index in [1.54, 1.807) is 19.1 Å². The fourth-order valence-corrected chi connectivity index (χ4v) is 4.51. The van der Waals surface area contributed by atoms with Gasteiger partial charge in [0, 0.05) is 6.54 Å². The molecule has 158 valence electrons. The van der Waals surface area contributed by atoms with Crippen molar-refractivity contribution >= 4 is 46.1 Å². The van der Waals surface area contributed by atoms with Crippen LogP contribution in [0.2, 0.25) is 0 Å². The van der Waals surface area contributed by atoms with E-state index in [-0.39, 0.29) is 27.6 Å². The fraction of sp³-hybridized carbons (Fsp3) is 0.227. The van der Waals surface area contributed by atoms with Crippen LogP contribution in [0.4, 0.5) is 0 Å². The third-order valence-corrected chi connectivity index (χ3v) is 6.32. The van der Waals surface area contributed by atoms with Crippen molar-refractivity contribution in [2.75, 3.05) is 6.54 Å². The number of amides is 1. The number of hydrogen-bond donors (Lipinski definition) is 1. The van der Waals surface area contributed by atoms with E-state index in [1.807, 2.05) is 31.2 Å². The highest BCUT2D eigenvalue weighted by Gasteiger charge is 2.35. The lowest BCUT2D eigenvalue weighted by Crippen LogP contribution is -2.35. The van der Waals surface area contributed by atoms with Crippen molar-refractivity contribution in [3.63, 3.8) is 0 Å². The third kappa shape index (κ3) is 4.17. The van der Waals surface area contributed by atoms with Gasteiger partial charge >= 0.3 is 0 Å². The first-order valence-electron chi connectivity index (χ1n) is 9.41. The normalized spacial score (nSPS) is 14.9. The standard InChI is InChI=1S/C22H19N3O4S2/c1-4-24-19(27)15(10-23)13(3)18(21(24)29)16(26)11-25-20(28)17(31-22(25)30)9-14-7-5-12(2)6-8-14/h5-9,29H,4,11H2,1-3H3/b17-9-. The van der Waals surface area contributed by atoms with Crippen LogP contribution in [0.3, 0.4) is 0 Å². The molecule has 0 aliphatic carbocycles. The average molecular weight is 454 g/mol. The van der Waals surface area contributed by atoms with Crippen molar-refractivity contribution in [2.24, 2.45) is 0 Å². The Balaban J connectivity index is 1.93. The largest absolute Gasteiger partial charge is 0.494 e. The summed E-state index contributed by atoms with van der Waals surface area (Å²) in [6.07, 6.45) is 1.71. The first kappa shape index (κ1) is 22.5. The maximum absolute atomic E-state index is 13.0. The molecule has 2 aromatic rings. The van der Waals surface area contributed by atoms with E-state index in [9.17, 15) is 24.8 Å². The Morgan fingerprint density at radius 2 is 1.90 bits per heavy atom. The van der Waals surface area contributed by atoms with Gasteiger partial charge in [-0.15, -0.1) is 0 Å². The van der Waals surface area contributed by atoms with Crippen molar-refractivity contribution in [2.45, 2.75) is 27.3 Å². The number of thiocarbonyl (C=S) groups is 1. The van der Waals surface area contributed by atoms with E-state index < -0.39 is 29.7 Å². The van der Waals surface area contributed by atoms with Crippen molar-refractivity contribution in [1.82, 2.24) is 9.47 Å². The number of aromatic hydroxyl groups is 1. The number of Topliss-reactive ketones (excluding diaryl/α,β-unsaturated/α-hetero) is 1. The van der Waals surface area contributed by atoms with Crippen LogP contribution in [0.5, 0.6) is 5.88 Å². The number of nitriles is 1. The third-order valence-electron chi connectivity index (χ3n) is 4.95. The van der Waals surface area contributed by atoms with E-state index in [4.69, 9.17) is 12.2 Å². The average Bonchev–Trinajstić information content (AvgIpc) is 2.97. The van der Waals surface area contributed by atoms with Crippen LogP contribution < -0.4 is 5.56 Å². The monoisotopic (exact) mass is 453 g/mol. The molecule has 0 radical (unpaired) electrons. The molecule has 1 aliphatic rings. The van der Waals surface area contributed by atoms with Crippen molar-refractivity contribution in [1.29, 1.82) is 5.26 Å². The van der Waals surface area contributed by atoms with Gasteiger partial charge in [0.25, 0.3) is 11.5 Å². The van der Waals surface area contributed by atoms with Gasteiger partial charge in [-0.25, -0.2) is 0 Å². The lowest BCUT2D eigenvalue weighted by Gasteiger charge is -2.17. The van der Waals surface area contributed by atoms with Crippen LogP contribution in [0.1, 0.15) is 39.5 Å². The Bertz CT molecular complexity index is 1240. The van der Waals surface area contributed by atoms with E-state index in [0.717, 1.165) is 32.4 Å². The fourth-order valence-electron chi connectivity index (χ4n) is 3.25. The lowest BCUT2D eigenvalue weighted by atomic mass is 10.0. The van der Waals surface area contributed by atoms with Gasteiger partial charge in [-0.05, 0) is 38.0 Å². The molecule has 0 atom stereocenters. The molecule has 1 fully saturated rings. The molecule has 7 nitrogen and oxygen atoms in total. The molecule has 0 saturated carbocycles. The summed E-state index contributed by atoms with van der Waals surface area (Å²) in [7, 11) is 0. The Morgan fingerprint density at radius 3 is 2.48 bits per heavy atom. The zero-order valence-corrected chi connectivity index (χ0v) is 18.8. The van der Waals surface area contributed by atoms with Crippen molar-refractivity contribution in [3.8, 4) is 11.9 Å². The number of pyridine rings is 1. The van der Waals surface area contributed by atoms with Crippen molar-refractivity contribution in [3.05, 3.63) is 67.3 Å². The number of aromatic nitrogens is 1. The topological polar surface area (TPSA) is 103 Å². The van der Waals surface area contributed by atoms with Gasteiger partial charge in [-0.1, -0.05) is 53.8 Å². The second-order valence-corrected chi connectivity index (χ2v) is 8.64. The Morgan fingerprint density at radius 1 is 1.26 bits per heavy atom. The number of hydrogen-bond acceptors (Lipinski definition) is 7. The van der Waals surface area contributed by atoms with Crippen LogP contribution in [-0.2, 0) is 11.3 Å². The summed E-state index contributed by atoms with van der Waals surface area (Å²) < 4.78 is 1.18. The Hall–Kier alpha value is -3.22. The SMILES string of the molecule is CCn1c(O)c(C(=O)CN2C(=O)/C(=C/c3ccc(C)cc3)SC2=S)c(C)c(C#N)c1=O. The minimum absolute atomic E-state index is 0.0836. The van der Waals surface area contributed by atoms with Gasteiger partial charge in [0.15, 0.2) is 5.78 Å². The molecule has 2 heterocycles. The molecule has 31 heavy (non-hydrogen) atoms. The number of benzene rings is 1. The number of aryl methyl sites for hydroxylation is 1. The molecular formula is C22H19N3O4S2. The van der Waals surface area contributed by atoms with E-state index >= 15 is 0 Å². The highest BCUT2D eigenvalue weighted by atomic mass is 32.2. The predicted molar refractivity (Wildman–Crippen MR) is 123 cm³/mol. The molecule has 1 aliphatic heterocycles. The first-order chi connectivity index (χ1) is 14.7. The Labute approximate surface area is 188 Å². The number of carbonyl (C=O) groups is 2. The molecule has 1 aromatic carbocycles. The van der Waals surface area contributed by atoms with Gasteiger partial charge in [0.2, 0.25) is 5.88 Å². The molecule has 1 saturated heterocycles. The number of thioether (sulfide) groups is 1. The van der Waals surface area contributed by atoms with Crippen LogP contribution in [0, 0.1) is 25.2 Å². The Kier molecular flexibility index (Phi) is 6.43. The summed E-state index contributed by atoms with van der Waals surface area (Å²) in [4.78, 5) is 39.7. The van der Waals surface area contributed by atoms with Gasteiger partial charge in [-0.3, -0.25) is 23.9 Å². The minimum atomic E-state index is -0.664. The van der Waals surface area contributed by atoms with Crippen molar-refractivity contribution < 1.29 is 14.7 Å². The van der Waals surface area contributed by atoms with Gasteiger partial charge in [0.05, 0.1) is 17.0 Å². The zero-order valence-electron chi connectivity index (χ0n) is 17.1. The number of nitrogens with zero attached hydrogens (tertiary/aromatic N) is 3. The molecular weight excluding hydrogens is 434 g/mol. The zero-order chi connectivity index (χ0) is 22.9. The second-order valence-electron chi connectivity index (χ2n) is 6.96.